The second-order valence-corrected chi connectivity index (χ2v) is 4.25. The summed E-state index contributed by atoms with van der Waals surface area (Å²) in [6.45, 7) is 0.360. The highest BCUT2D eigenvalue weighted by atomic mass is 35.5. The van der Waals surface area contributed by atoms with Crippen LogP contribution >= 0.6 is 23.2 Å². The molecule has 0 aliphatic carbocycles. The first-order chi connectivity index (χ1) is 8.13. The number of aromatic nitrogens is 1. The number of carboxylic acid groups (broad SMARTS) is 1. The first-order valence-electron chi connectivity index (χ1n) is 4.89. The van der Waals surface area contributed by atoms with E-state index in [4.69, 9.17) is 28.3 Å². The standard InChI is InChI=1S/C12H9Cl2NO2/c13-5-8(14)6-15-7-10(12(16)17)9-3-1-2-4-11(9)15/h1-5,7H,6H2,(H,16,17). The van der Waals surface area contributed by atoms with Gasteiger partial charge in [0, 0.05) is 27.7 Å². The summed E-state index contributed by atoms with van der Waals surface area (Å²) in [5.41, 5.74) is 2.36. The van der Waals surface area contributed by atoms with Crippen LogP contribution in [0.1, 0.15) is 10.4 Å². The van der Waals surface area contributed by atoms with Crippen molar-refractivity contribution in [2.45, 2.75) is 6.54 Å². The van der Waals surface area contributed by atoms with E-state index in [0.29, 0.717) is 17.0 Å². The summed E-state index contributed by atoms with van der Waals surface area (Å²) in [5, 5.41) is 10.2. The van der Waals surface area contributed by atoms with Gasteiger partial charge in [0.05, 0.1) is 12.1 Å². The van der Waals surface area contributed by atoms with Crippen LogP contribution in [0.5, 0.6) is 0 Å². The van der Waals surface area contributed by atoms with Crippen molar-refractivity contribution in [2.24, 2.45) is 0 Å². The van der Waals surface area contributed by atoms with Crippen LogP contribution in [0.2, 0.25) is 0 Å². The first-order valence-corrected chi connectivity index (χ1v) is 5.71. The topological polar surface area (TPSA) is 42.2 Å². The Labute approximate surface area is 108 Å². The molecule has 0 radical (unpaired) electrons. The third-order valence-corrected chi connectivity index (χ3v) is 3.06. The highest BCUT2D eigenvalue weighted by Crippen LogP contribution is 2.23. The molecule has 5 heteroatoms. The van der Waals surface area contributed by atoms with Gasteiger partial charge in [-0.25, -0.2) is 4.79 Å². The molecule has 0 saturated carbocycles. The summed E-state index contributed by atoms with van der Waals surface area (Å²) >= 11 is 11.3. The third-order valence-electron chi connectivity index (χ3n) is 2.46. The fourth-order valence-corrected chi connectivity index (χ4v) is 1.94. The third kappa shape index (κ3) is 2.30. The van der Waals surface area contributed by atoms with Gasteiger partial charge in [-0.1, -0.05) is 41.4 Å². The molecule has 1 aromatic carbocycles. The number of nitrogens with zero attached hydrogens (tertiary/aromatic N) is 1. The number of hydrogen-bond donors (Lipinski definition) is 1. The number of halogens is 2. The number of aromatic carboxylic acids is 1. The van der Waals surface area contributed by atoms with Gasteiger partial charge in [-0.15, -0.1) is 0 Å². The van der Waals surface area contributed by atoms with Crippen molar-refractivity contribution in [3.63, 3.8) is 0 Å². The SMILES string of the molecule is O=C(O)c1cn(CC(Cl)=CCl)c2ccccc12. The Morgan fingerprint density at radius 3 is 2.76 bits per heavy atom. The van der Waals surface area contributed by atoms with Crippen LogP contribution in [0.15, 0.2) is 41.0 Å². The van der Waals surface area contributed by atoms with E-state index in [9.17, 15) is 4.79 Å². The van der Waals surface area contributed by atoms with Gasteiger partial charge in [0.15, 0.2) is 0 Å². The van der Waals surface area contributed by atoms with Crippen LogP contribution in [0.4, 0.5) is 0 Å². The molecule has 2 rings (SSSR count). The molecule has 0 bridgehead atoms. The van der Waals surface area contributed by atoms with E-state index in [2.05, 4.69) is 0 Å². The van der Waals surface area contributed by atoms with E-state index >= 15 is 0 Å². The number of carbonyl (C=O) groups is 1. The second kappa shape index (κ2) is 4.82. The van der Waals surface area contributed by atoms with Gasteiger partial charge in [-0.05, 0) is 6.07 Å². The van der Waals surface area contributed by atoms with Gasteiger partial charge in [0.25, 0.3) is 0 Å². The molecule has 2 aromatic rings. The minimum Gasteiger partial charge on any atom is -0.478 e. The van der Waals surface area contributed by atoms with Gasteiger partial charge in [-0.3, -0.25) is 0 Å². The summed E-state index contributed by atoms with van der Waals surface area (Å²) in [5.74, 6) is -0.953. The fourth-order valence-electron chi connectivity index (χ4n) is 1.75. The lowest BCUT2D eigenvalue weighted by atomic mass is 10.2. The van der Waals surface area contributed by atoms with Crippen molar-refractivity contribution >= 4 is 40.1 Å². The van der Waals surface area contributed by atoms with Crippen LogP contribution in [-0.2, 0) is 6.54 Å². The van der Waals surface area contributed by atoms with Crippen LogP contribution in [0.3, 0.4) is 0 Å². The average molecular weight is 270 g/mol. The predicted molar refractivity (Wildman–Crippen MR) is 68.7 cm³/mol. The molecule has 0 fully saturated rings. The molecule has 88 valence electrons. The zero-order valence-electron chi connectivity index (χ0n) is 8.73. The number of rotatable bonds is 3. The van der Waals surface area contributed by atoms with Crippen LogP contribution < -0.4 is 0 Å². The number of para-hydroxylation sites is 1. The predicted octanol–water partition coefficient (Wildman–Crippen LogP) is 3.66. The molecule has 3 nitrogen and oxygen atoms in total. The Bertz CT molecular complexity index is 602. The Morgan fingerprint density at radius 2 is 2.12 bits per heavy atom. The molecule has 1 aromatic heterocycles. The summed E-state index contributed by atoms with van der Waals surface area (Å²) in [4.78, 5) is 11.1. The van der Waals surface area contributed by atoms with Gasteiger partial charge in [0.1, 0.15) is 0 Å². The molecule has 1 N–H and O–H groups in total. The molecular formula is C12H9Cl2NO2. The number of carboxylic acids is 1. The van der Waals surface area contributed by atoms with E-state index in [1.807, 2.05) is 12.1 Å². The van der Waals surface area contributed by atoms with E-state index in [1.54, 1.807) is 22.9 Å². The summed E-state index contributed by atoms with van der Waals surface area (Å²) < 4.78 is 1.76. The number of allylic oxidation sites excluding steroid dienone is 1. The second-order valence-electron chi connectivity index (χ2n) is 3.55. The Balaban J connectivity index is 2.60. The molecule has 0 atom stereocenters. The Kier molecular flexibility index (Phi) is 3.41. The lowest BCUT2D eigenvalue weighted by molar-refractivity contribution is 0.0699. The molecule has 0 saturated heterocycles. The molecular weight excluding hydrogens is 261 g/mol. The van der Waals surface area contributed by atoms with Gasteiger partial charge in [-0.2, -0.15) is 0 Å². The maximum absolute atomic E-state index is 11.1. The van der Waals surface area contributed by atoms with Crippen molar-refractivity contribution in [3.8, 4) is 0 Å². The molecule has 0 aliphatic heterocycles. The quantitative estimate of drug-likeness (QED) is 0.924. The van der Waals surface area contributed by atoms with E-state index < -0.39 is 5.97 Å². The van der Waals surface area contributed by atoms with Crippen LogP contribution in [-0.4, -0.2) is 15.6 Å². The van der Waals surface area contributed by atoms with Crippen molar-refractivity contribution in [1.29, 1.82) is 0 Å². The normalized spacial score (nSPS) is 12.0. The molecule has 0 spiro atoms. The summed E-state index contributed by atoms with van der Waals surface area (Å²) in [6, 6.07) is 7.27. The maximum Gasteiger partial charge on any atom is 0.337 e. The zero-order valence-corrected chi connectivity index (χ0v) is 10.2. The molecule has 0 unspecified atom stereocenters. The zero-order chi connectivity index (χ0) is 12.4. The minimum absolute atomic E-state index is 0.264. The van der Waals surface area contributed by atoms with E-state index in [1.165, 1.54) is 5.54 Å². The fraction of sp³-hybridized carbons (Fsp3) is 0.0833. The van der Waals surface area contributed by atoms with Crippen LogP contribution in [0, 0.1) is 0 Å². The van der Waals surface area contributed by atoms with Crippen molar-refractivity contribution in [3.05, 3.63) is 46.6 Å². The molecule has 0 aliphatic rings. The van der Waals surface area contributed by atoms with Crippen molar-refractivity contribution in [2.75, 3.05) is 0 Å². The summed E-state index contributed by atoms with van der Waals surface area (Å²) in [6.07, 6.45) is 1.57. The lowest BCUT2D eigenvalue weighted by Crippen LogP contribution is -1.97. The average Bonchev–Trinajstić information content (AvgIpc) is 2.68. The van der Waals surface area contributed by atoms with Gasteiger partial charge in [0.2, 0.25) is 0 Å². The van der Waals surface area contributed by atoms with E-state index in [-0.39, 0.29) is 5.56 Å². The number of benzene rings is 1. The van der Waals surface area contributed by atoms with E-state index in [0.717, 1.165) is 5.52 Å². The Morgan fingerprint density at radius 1 is 1.41 bits per heavy atom. The lowest BCUT2D eigenvalue weighted by Gasteiger charge is -2.02. The largest absolute Gasteiger partial charge is 0.478 e. The maximum atomic E-state index is 11.1. The molecule has 1 heterocycles. The molecule has 0 amide bonds. The van der Waals surface area contributed by atoms with Crippen molar-refractivity contribution in [1.82, 2.24) is 4.57 Å². The summed E-state index contributed by atoms with van der Waals surface area (Å²) in [7, 11) is 0. The van der Waals surface area contributed by atoms with Crippen molar-refractivity contribution < 1.29 is 9.90 Å². The van der Waals surface area contributed by atoms with Gasteiger partial charge < -0.3 is 9.67 Å². The molecule has 17 heavy (non-hydrogen) atoms. The van der Waals surface area contributed by atoms with Gasteiger partial charge >= 0.3 is 5.97 Å². The number of hydrogen-bond acceptors (Lipinski definition) is 1. The smallest absolute Gasteiger partial charge is 0.337 e. The highest BCUT2D eigenvalue weighted by molar-refractivity contribution is 6.36. The minimum atomic E-state index is -0.953. The van der Waals surface area contributed by atoms with Crippen LogP contribution in [0.25, 0.3) is 10.9 Å². The highest BCUT2D eigenvalue weighted by Gasteiger charge is 2.13. The Hall–Kier alpha value is -1.45. The first kappa shape index (κ1) is 12.0. The number of fused-ring (bicyclic) bond motifs is 1. The monoisotopic (exact) mass is 269 g/mol.